The zero-order valence-corrected chi connectivity index (χ0v) is 22.0. The van der Waals surface area contributed by atoms with E-state index in [9.17, 15) is 24.0 Å². The summed E-state index contributed by atoms with van der Waals surface area (Å²) in [5.41, 5.74) is 0. The maximum atomic E-state index is 12.0. The fourth-order valence-electron chi connectivity index (χ4n) is 4.22. The number of ether oxygens (including phenoxy) is 9. The molecule has 2 heterocycles. The second-order valence-corrected chi connectivity index (χ2v) is 8.63. The van der Waals surface area contributed by atoms with E-state index in [4.69, 9.17) is 42.6 Å². The van der Waals surface area contributed by atoms with Crippen LogP contribution in [0.2, 0.25) is 0 Å². The van der Waals surface area contributed by atoms with Gasteiger partial charge in [0.05, 0.1) is 12.2 Å². The lowest BCUT2D eigenvalue weighted by Crippen LogP contribution is -2.65. The largest absolute Gasteiger partial charge is 0.456 e. The summed E-state index contributed by atoms with van der Waals surface area (Å²) in [5.74, 6) is -3.58. The van der Waals surface area contributed by atoms with E-state index in [0.29, 0.717) is 0 Å². The van der Waals surface area contributed by atoms with E-state index in [2.05, 4.69) is 0 Å². The minimum atomic E-state index is -1.45. The van der Waals surface area contributed by atoms with Crippen molar-refractivity contribution in [2.75, 3.05) is 7.11 Å². The SMILES string of the molecule is CO[C@@H]1O[C@@H](C)[C@H](OC(C)=O)[C@@H](OC(C)=O)[C@H]1O[C@@H]1O[C@@H](C)[C@H](OC(C)=O)[C@@H](OC(C)=O)[C@H]1OC(C)=O. The van der Waals surface area contributed by atoms with E-state index in [1.807, 2.05) is 0 Å². The first kappa shape index (κ1) is 30.4. The molecule has 10 atom stereocenters. The molecule has 2 saturated heterocycles. The van der Waals surface area contributed by atoms with Crippen molar-refractivity contribution in [2.45, 2.75) is 110 Å². The molecule has 2 fully saturated rings. The lowest BCUT2D eigenvalue weighted by Gasteiger charge is -2.48. The van der Waals surface area contributed by atoms with Gasteiger partial charge in [-0.15, -0.1) is 0 Å². The van der Waals surface area contributed by atoms with Gasteiger partial charge in [0.1, 0.15) is 0 Å². The highest BCUT2D eigenvalue weighted by molar-refractivity contribution is 5.69. The van der Waals surface area contributed by atoms with E-state index < -0.39 is 91.3 Å². The third-order valence-electron chi connectivity index (χ3n) is 5.49. The van der Waals surface area contributed by atoms with Gasteiger partial charge in [-0.1, -0.05) is 0 Å². The Morgan fingerprint density at radius 2 is 0.811 bits per heavy atom. The molecule has 0 saturated carbocycles. The number of esters is 5. The predicted octanol–water partition coefficient (Wildman–Crippen LogP) is 0.166. The summed E-state index contributed by atoms with van der Waals surface area (Å²) in [5, 5.41) is 0. The van der Waals surface area contributed by atoms with Gasteiger partial charge in [0.25, 0.3) is 0 Å². The van der Waals surface area contributed by atoms with Crippen LogP contribution in [-0.2, 0) is 66.6 Å². The summed E-state index contributed by atoms with van der Waals surface area (Å²) >= 11 is 0. The van der Waals surface area contributed by atoms with Crippen LogP contribution in [0.1, 0.15) is 48.5 Å². The second-order valence-electron chi connectivity index (χ2n) is 8.63. The van der Waals surface area contributed by atoms with Crippen LogP contribution < -0.4 is 0 Å². The minimum Gasteiger partial charge on any atom is -0.456 e. The Morgan fingerprint density at radius 3 is 1.19 bits per heavy atom. The lowest BCUT2D eigenvalue weighted by molar-refractivity contribution is -0.360. The molecule has 0 N–H and O–H groups in total. The highest BCUT2D eigenvalue weighted by Gasteiger charge is 2.55. The molecule has 0 aromatic rings. The van der Waals surface area contributed by atoms with Crippen LogP contribution in [-0.4, -0.2) is 98.4 Å². The van der Waals surface area contributed by atoms with Gasteiger partial charge in [0.15, 0.2) is 49.2 Å². The average molecular weight is 535 g/mol. The van der Waals surface area contributed by atoms with Crippen molar-refractivity contribution in [1.82, 2.24) is 0 Å². The average Bonchev–Trinajstić information content (AvgIpc) is 2.76. The molecule has 14 heteroatoms. The standard InChI is InChI=1S/C23H34O14/c1-9-16(32-11(3)24)18(34-13(5)26)20(22(29-8)30-9)37-23-21(36-15(7)28)19(35-14(6)27)17(10(2)31-23)33-12(4)25/h9-10,16-23H,1-8H3/t9-,10-,16-,17-,18+,19+,20+,21+,22+,23-/m0/s1. The van der Waals surface area contributed by atoms with E-state index in [0.717, 1.165) is 27.7 Å². The minimum absolute atomic E-state index is 0.660. The first-order valence-corrected chi connectivity index (χ1v) is 11.6. The molecule has 2 aliphatic rings. The zero-order valence-electron chi connectivity index (χ0n) is 22.0. The van der Waals surface area contributed by atoms with Gasteiger partial charge in [-0.2, -0.15) is 0 Å². The molecule has 0 aliphatic carbocycles. The molecule has 37 heavy (non-hydrogen) atoms. The first-order valence-electron chi connectivity index (χ1n) is 11.6. The van der Waals surface area contributed by atoms with E-state index >= 15 is 0 Å². The molecule has 0 amide bonds. The third-order valence-corrected chi connectivity index (χ3v) is 5.49. The van der Waals surface area contributed by atoms with Gasteiger partial charge < -0.3 is 42.6 Å². The fourth-order valence-corrected chi connectivity index (χ4v) is 4.22. The van der Waals surface area contributed by atoms with Crippen LogP contribution in [0.25, 0.3) is 0 Å². The van der Waals surface area contributed by atoms with Crippen LogP contribution in [0.15, 0.2) is 0 Å². The number of methoxy groups -OCH3 is 1. The Balaban J connectivity index is 2.50. The van der Waals surface area contributed by atoms with Crippen molar-refractivity contribution in [1.29, 1.82) is 0 Å². The van der Waals surface area contributed by atoms with Gasteiger partial charge in [-0.05, 0) is 13.8 Å². The topological polar surface area (TPSA) is 168 Å². The number of rotatable bonds is 8. The van der Waals surface area contributed by atoms with E-state index in [-0.39, 0.29) is 0 Å². The molecule has 0 aromatic heterocycles. The van der Waals surface area contributed by atoms with Crippen molar-refractivity contribution < 1.29 is 66.6 Å². The highest BCUT2D eigenvalue weighted by atomic mass is 16.8. The molecular weight excluding hydrogens is 500 g/mol. The fraction of sp³-hybridized carbons (Fsp3) is 0.783. The summed E-state index contributed by atoms with van der Waals surface area (Å²) in [6.45, 7) is 8.86. The predicted molar refractivity (Wildman–Crippen MR) is 118 cm³/mol. The highest BCUT2D eigenvalue weighted by Crippen LogP contribution is 2.34. The normalized spacial score (nSPS) is 35.6. The van der Waals surface area contributed by atoms with E-state index in [1.165, 1.54) is 21.0 Å². The third kappa shape index (κ3) is 8.09. The molecule has 2 aliphatic heterocycles. The van der Waals surface area contributed by atoms with Crippen molar-refractivity contribution in [2.24, 2.45) is 0 Å². The van der Waals surface area contributed by atoms with Crippen LogP contribution in [0.5, 0.6) is 0 Å². The van der Waals surface area contributed by atoms with Crippen LogP contribution in [0.4, 0.5) is 0 Å². The van der Waals surface area contributed by atoms with Crippen LogP contribution in [0, 0.1) is 0 Å². The molecule has 210 valence electrons. The second kappa shape index (κ2) is 13.1. The summed E-state index contributed by atoms with van der Waals surface area (Å²) in [7, 11) is 1.32. The molecule has 14 nitrogen and oxygen atoms in total. The van der Waals surface area contributed by atoms with Crippen LogP contribution in [0.3, 0.4) is 0 Å². The molecule has 0 unspecified atom stereocenters. The molecule has 0 radical (unpaired) electrons. The monoisotopic (exact) mass is 534 g/mol. The van der Waals surface area contributed by atoms with Crippen molar-refractivity contribution in [3.05, 3.63) is 0 Å². The lowest BCUT2D eigenvalue weighted by atomic mass is 9.97. The van der Waals surface area contributed by atoms with Gasteiger partial charge >= 0.3 is 29.8 Å². The molecule has 0 aromatic carbocycles. The maximum Gasteiger partial charge on any atom is 0.303 e. The molecular formula is C23H34O14. The Kier molecular flexibility index (Phi) is 10.8. The van der Waals surface area contributed by atoms with Crippen molar-refractivity contribution >= 4 is 29.8 Å². The van der Waals surface area contributed by atoms with Gasteiger partial charge in [0, 0.05) is 41.7 Å². The summed E-state index contributed by atoms with van der Waals surface area (Å²) in [4.78, 5) is 59.3. The summed E-state index contributed by atoms with van der Waals surface area (Å²) < 4.78 is 50.0. The molecule has 0 bridgehead atoms. The molecule has 0 spiro atoms. The number of hydrogen-bond donors (Lipinski definition) is 0. The van der Waals surface area contributed by atoms with Gasteiger partial charge in [-0.3, -0.25) is 24.0 Å². The Hall–Kier alpha value is -2.81. The number of carbonyl (C=O) groups is 5. The summed E-state index contributed by atoms with van der Waals surface area (Å²) in [6.07, 6.45) is -11.8. The maximum absolute atomic E-state index is 12.0. The zero-order chi connectivity index (χ0) is 28.0. The van der Waals surface area contributed by atoms with Gasteiger partial charge in [0.2, 0.25) is 0 Å². The smallest absolute Gasteiger partial charge is 0.303 e. The van der Waals surface area contributed by atoms with Crippen molar-refractivity contribution in [3.8, 4) is 0 Å². The summed E-state index contributed by atoms with van der Waals surface area (Å²) in [6, 6.07) is 0. The number of hydrogen-bond acceptors (Lipinski definition) is 14. The molecule has 2 rings (SSSR count). The quantitative estimate of drug-likeness (QED) is 0.305. The Labute approximate surface area is 214 Å². The van der Waals surface area contributed by atoms with E-state index in [1.54, 1.807) is 6.92 Å². The van der Waals surface area contributed by atoms with Crippen LogP contribution >= 0.6 is 0 Å². The first-order chi connectivity index (χ1) is 17.2. The number of carbonyl (C=O) groups excluding carboxylic acids is 5. The Morgan fingerprint density at radius 1 is 0.486 bits per heavy atom. The van der Waals surface area contributed by atoms with Crippen molar-refractivity contribution in [3.63, 3.8) is 0 Å². The Bertz CT molecular complexity index is 858. The van der Waals surface area contributed by atoms with Gasteiger partial charge in [-0.25, -0.2) is 0 Å².